The Morgan fingerprint density at radius 1 is 1.14 bits per heavy atom. The molecule has 3 aliphatic rings. The van der Waals surface area contributed by atoms with Crippen molar-refractivity contribution in [2.75, 3.05) is 0 Å². The second-order valence-electron chi connectivity index (χ2n) is 10.6. The smallest absolute Gasteiger partial charge is 0.380 e. The fraction of sp³-hybridized carbons (Fsp3) is 0.600. The number of piperidine rings is 1. The van der Waals surface area contributed by atoms with Crippen LogP contribution in [-0.4, -0.2) is 66.9 Å². The molecule has 12 heteroatoms. The molecule has 2 aromatic rings. The molecule has 5 rings (SSSR count). The number of amides is 2. The number of carbonyl (C=O) groups is 2. The minimum atomic E-state index is -4.68. The lowest BCUT2D eigenvalue weighted by Gasteiger charge is -2.40. The molecule has 0 spiro atoms. The number of nitrogens with zero attached hydrogens (tertiary/aromatic N) is 3. The third-order valence-corrected chi connectivity index (χ3v) is 8.10. The Kier molecular flexibility index (Phi) is 6.49. The highest BCUT2D eigenvalue weighted by Crippen LogP contribution is 2.42. The lowest BCUT2D eigenvalue weighted by molar-refractivity contribution is -0.270. The van der Waals surface area contributed by atoms with Gasteiger partial charge in [-0.3, -0.25) is 19.7 Å². The zero-order chi connectivity index (χ0) is 26.5. The van der Waals surface area contributed by atoms with Crippen LogP contribution in [-0.2, 0) is 4.79 Å². The molecule has 37 heavy (non-hydrogen) atoms. The number of nitrogens with one attached hydrogen (secondary N) is 2. The van der Waals surface area contributed by atoms with E-state index in [1.54, 1.807) is 17.9 Å². The van der Waals surface area contributed by atoms with Gasteiger partial charge in [0.25, 0.3) is 5.91 Å². The van der Waals surface area contributed by atoms with Crippen molar-refractivity contribution in [1.82, 2.24) is 25.4 Å². The molecule has 200 valence electrons. The first-order chi connectivity index (χ1) is 17.4. The number of pyridine rings is 1. The summed E-state index contributed by atoms with van der Waals surface area (Å²) >= 11 is 0. The monoisotopic (exact) mass is 523 g/mol. The number of aryl methyl sites for hydroxylation is 1. The number of aliphatic hydroxyl groups is 1. The quantitative estimate of drug-likeness (QED) is 0.530. The van der Waals surface area contributed by atoms with E-state index in [0.29, 0.717) is 24.2 Å². The Morgan fingerprint density at radius 3 is 2.41 bits per heavy atom. The fourth-order valence-electron chi connectivity index (χ4n) is 6.02. The number of rotatable bonds is 4. The van der Waals surface area contributed by atoms with Crippen molar-refractivity contribution in [1.29, 1.82) is 0 Å². The largest absolute Gasteiger partial charge is 0.417 e. The van der Waals surface area contributed by atoms with E-state index in [0.717, 1.165) is 19.0 Å². The maximum absolute atomic E-state index is 14.2. The van der Waals surface area contributed by atoms with E-state index in [9.17, 15) is 32.3 Å². The van der Waals surface area contributed by atoms with Crippen molar-refractivity contribution in [3.63, 3.8) is 0 Å². The molecule has 3 atom stereocenters. The van der Waals surface area contributed by atoms with Crippen LogP contribution in [0.4, 0.5) is 17.6 Å². The van der Waals surface area contributed by atoms with Crippen molar-refractivity contribution < 1.29 is 32.3 Å². The molecule has 1 saturated carbocycles. The highest BCUT2D eigenvalue weighted by molar-refractivity contribution is 5.94. The Bertz CT molecular complexity index is 1180. The van der Waals surface area contributed by atoms with Crippen LogP contribution in [0.3, 0.4) is 0 Å². The summed E-state index contributed by atoms with van der Waals surface area (Å²) in [6, 6.07) is 2.38. The molecule has 3 N–H and O–H groups in total. The van der Waals surface area contributed by atoms with Crippen molar-refractivity contribution in [3.8, 4) is 11.3 Å². The summed E-state index contributed by atoms with van der Waals surface area (Å²) in [5, 5.41) is 19.6. The third-order valence-electron chi connectivity index (χ3n) is 8.10. The first-order valence-electron chi connectivity index (χ1n) is 12.6. The minimum Gasteiger partial charge on any atom is -0.380 e. The highest BCUT2D eigenvalue weighted by Gasteiger charge is 2.55. The number of aromatic nitrogens is 3. The SMILES string of the molecule is Cc1cc(-c2cc(C(=O)N3[C@@H]4CC[C@H]3C[C@H](C(=O)N[C@H]3CC[C@@](O)(C(F)(F)F)CC3)C4)n[nH]2)c(F)cn1. The normalized spacial score (nSPS) is 29.8. The van der Waals surface area contributed by atoms with Gasteiger partial charge >= 0.3 is 6.18 Å². The summed E-state index contributed by atoms with van der Waals surface area (Å²) in [7, 11) is 0. The van der Waals surface area contributed by atoms with E-state index in [1.165, 1.54) is 6.07 Å². The minimum absolute atomic E-state index is 0.0605. The van der Waals surface area contributed by atoms with Crippen LogP contribution in [0.15, 0.2) is 18.3 Å². The van der Waals surface area contributed by atoms with Crippen molar-refractivity contribution >= 4 is 11.8 Å². The maximum Gasteiger partial charge on any atom is 0.417 e. The molecule has 2 aromatic heterocycles. The lowest BCUT2D eigenvalue weighted by atomic mass is 9.81. The summed E-state index contributed by atoms with van der Waals surface area (Å²) in [5.74, 6) is -1.36. The second kappa shape index (κ2) is 9.38. The van der Waals surface area contributed by atoms with E-state index < -0.39 is 36.5 Å². The molecule has 3 fully saturated rings. The Hall–Kier alpha value is -3.02. The Balaban J connectivity index is 1.20. The molecule has 2 bridgehead atoms. The third kappa shape index (κ3) is 4.83. The molecule has 2 saturated heterocycles. The zero-order valence-corrected chi connectivity index (χ0v) is 20.3. The number of alkyl halides is 3. The van der Waals surface area contributed by atoms with Gasteiger partial charge < -0.3 is 15.3 Å². The van der Waals surface area contributed by atoms with Crippen LogP contribution in [0, 0.1) is 18.7 Å². The standard InChI is InChI=1S/C25H29F4N5O3/c1-13-8-18(19(26)12-30-13)20-11-21(33-32-20)23(36)34-16-2-3-17(34)10-14(9-16)22(35)31-15-4-6-24(37,7-5-15)25(27,28)29/h8,11-12,14-17,37H,2-7,9-10H2,1H3,(H,31,35)(H,32,33)/t14-,15-,16-,17+,24-. The number of hydrogen-bond donors (Lipinski definition) is 3. The van der Waals surface area contributed by atoms with Gasteiger partial charge in [-0.25, -0.2) is 4.39 Å². The first-order valence-corrected chi connectivity index (χ1v) is 12.6. The van der Waals surface area contributed by atoms with E-state index in [4.69, 9.17) is 0 Å². The van der Waals surface area contributed by atoms with Gasteiger partial charge in [0.1, 0.15) is 0 Å². The van der Waals surface area contributed by atoms with E-state index in [1.807, 2.05) is 0 Å². The number of aromatic amines is 1. The number of carbonyl (C=O) groups excluding carboxylic acids is 2. The van der Waals surface area contributed by atoms with Gasteiger partial charge in [-0.2, -0.15) is 18.3 Å². The van der Waals surface area contributed by atoms with Crippen LogP contribution in [0.25, 0.3) is 11.3 Å². The number of halogens is 4. The molecule has 8 nitrogen and oxygen atoms in total. The number of fused-ring (bicyclic) bond motifs is 2. The molecule has 2 amide bonds. The summed E-state index contributed by atoms with van der Waals surface area (Å²) in [5.41, 5.74) is -1.25. The molecule has 2 aliphatic heterocycles. The average molecular weight is 524 g/mol. The van der Waals surface area contributed by atoms with Crippen molar-refractivity contribution in [2.45, 2.75) is 88.2 Å². The summed E-state index contributed by atoms with van der Waals surface area (Å²) in [6.07, 6.45) is -1.90. The topological polar surface area (TPSA) is 111 Å². The highest BCUT2D eigenvalue weighted by atomic mass is 19.4. The molecular formula is C25H29F4N5O3. The first kappa shape index (κ1) is 25.6. The zero-order valence-electron chi connectivity index (χ0n) is 20.3. The summed E-state index contributed by atoms with van der Waals surface area (Å²) < 4.78 is 53.4. The predicted molar refractivity (Wildman–Crippen MR) is 124 cm³/mol. The van der Waals surface area contributed by atoms with Crippen LogP contribution < -0.4 is 5.32 Å². The van der Waals surface area contributed by atoms with Crippen molar-refractivity contribution in [3.05, 3.63) is 35.5 Å². The summed E-state index contributed by atoms with van der Waals surface area (Å²) in [6.45, 7) is 1.74. The van der Waals surface area contributed by atoms with Crippen LogP contribution in [0.1, 0.15) is 67.5 Å². The second-order valence-corrected chi connectivity index (χ2v) is 10.6. The van der Waals surface area contributed by atoms with Gasteiger partial charge in [0.15, 0.2) is 17.1 Å². The Labute approximate surface area is 210 Å². The maximum atomic E-state index is 14.2. The van der Waals surface area contributed by atoms with E-state index >= 15 is 0 Å². The van der Waals surface area contributed by atoms with Gasteiger partial charge in [-0.05, 0) is 70.4 Å². The van der Waals surface area contributed by atoms with E-state index in [-0.39, 0.29) is 53.9 Å². The van der Waals surface area contributed by atoms with E-state index in [2.05, 4.69) is 20.5 Å². The van der Waals surface area contributed by atoms with Crippen LogP contribution in [0.2, 0.25) is 0 Å². The number of hydrogen-bond acceptors (Lipinski definition) is 5. The van der Waals surface area contributed by atoms with Crippen LogP contribution >= 0.6 is 0 Å². The van der Waals surface area contributed by atoms with Crippen molar-refractivity contribution in [2.24, 2.45) is 5.92 Å². The van der Waals surface area contributed by atoms with Gasteiger partial charge in [0.05, 0.1) is 11.9 Å². The molecule has 0 aromatic carbocycles. The van der Waals surface area contributed by atoms with Crippen LogP contribution in [0.5, 0.6) is 0 Å². The molecular weight excluding hydrogens is 494 g/mol. The van der Waals surface area contributed by atoms with Gasteiger partial charge in [-0.15, -0.1) is 0 Å². The number of H-pyrrole nitrogens is 1. The molecule has 1 aliphatic carbocycles. The van der Waals surface area contributed by atoms with Gasteiger partial charge in [0, 0.05) is 35.3 Å². The molecule has 0 radical (unpaired) electrons. The Morgan fingerprint density at radius 2 is 1.78 bits per heavy atom. The predicted octanol–water partition coefficient (Wildman–Crippen LogP) is 3.65. The van der Waals surface area contributed by atoms with Gasteiger partial charge in [-0.1, -0.05) is 0 Å². The fourth-order valence-corrected chi connectivity index (χ4v) is 6.02. The average Bonchev–Trinajstić information content (AvgIpc) is 3.43. The lowest BCUT2D eigenvalue weighted by Crippen LogP contribution is -2.53. The van der Waals surface area contributed by atoms with Gasteiger partial charge in [0.2, 0.25) is 5.91 Å². The summed E-state index contributed by atoms with van der Waals surface area (Å²) in [4.78, 5) is 31.9. The molecule has 4 heterocycles. The molecule has 0 unspecified atom stereocenters.